The van der Waals surface area contributed by atoms with Gasteiger partial charge in [0.2, 0.25) is 6.29 Å². The van der Waals surface area contributed by atoms with Crippen LogP contribution in [0.1, 0.15) is 87.0 Å². The van der Waals surface area contributed by atoms with Crippen molar-refractivity contribution in [3.8, 4) is 0 Å². The van der Waals surface area contributed by atoms with E-state index in [2.05, 4.69) is 27.7 Å². The molecule has 2 aliphatic carbocycles. The van der Waals surface area contributed by atoms with E-state index in [1.165, 1.54) is 25.7 Å². The molecule has 4 aliphatic rings. The van der Waals surface area contributed by atoms with Crippen LogP contribution < -0.4 is 0 Å². The molecule has 2 saturated heterocycles. The van der Waals surface area contributed by atoms with Gasteiger partial charge in [-0.25, -0.2) is 0 Å². The van der Waals surface area contributed by atoms with Gasteiger partial charge in [0.25, 0.3) is 0 Å². The van der Waals surface area contributed by atoms with Gasteiger partial charge in [-0.2, -0.15) is 0 Å². The SMILES string of the molecule is COC(OC(=O)C(C)(C)C)[C@H](C)C1CC[C@@H](C)C2CCC3(C)CC[C@@]12[C@H](C)O3. The Morgan fingerprint density at radius 1 is 1.11 bits per heavy atom. The number of rotatable bonds is 4. The van der Waals surface area contributed by atoms with Crippen molar-refractivity contribution >= 4 is 5.97 Å². The van der Waals surface area contributed by atoms with Gasteiger partial charge in [-0.15, -0.1) is 0 Å². The van der Waals surface area contributed by atoms with Crippen LogP contribution in [-0.4, -0.2) is 31.1 Å². The van der Waals surface area contributed by atoms with Crippen molar-refractivity contribution in [1.29, 1.82) is 0 Å². The maximum absolute atomic E-state index is 12.5. The van der Waals surface area contributed by atoms with Crippen molar-refractivity contribution in [2.24, 2.45) is 34.5 Å². The first-order chi connectivity index (χ1) is 12.9. The predicted molar refractivity (Wildman–Crippen MR) is 111 cm³/mol. The summed E-state index contributed by atoms with van der Waals surface area (Å²) in [6.45, 7) is 15.0. The van der Waals surface area contributed by atoms with Crippen LogP contribution in [0.3, 0.4) is 0 Å². The smallest absolute Gasteiger partial charge is 0.313 e. The van der Waals surface area contributed by atoms with Gasteiger partial charge < -0.3 is 14.2 Å². The number of carbonyl (C=O) groups excluding carboxylic acids is 1. The van der Waals surface area contributed by atoms with Crippen LogP contribution in [0.25, 0.3) is 0 Å². The highest BCUT2D eigenvalue weighted by Crippen LogP contribution is 2.64. The molecule has 2 aliphatic heterocycles. The largest absolute Gasteiger partial charge is 0.435 e. The molecule has 162 valence electrons. The second-order valence-electron chi connectivity index (χ2n) is 11.2. The van der Waals surface area contributed by atoms with Crippen LogP contribution in [0.5, 0.6) is 0 Å². The summed E-state index contributed by atoms with van der Waals surface area (Å²) in [7, 11) is 1.67. The van der Waals surface area contributed by atoms with Gasteiger partial charge in [-0.1, -0.05) is 20.3 Å². The Morgan fingerprint density at radius 3 is 2.36 bits per heavy atom. The molecule has 4 nitrogen and oxygen atoms in total. The third-order valence-electron chi connectivity index (χ3n) is 8.42. The summed E-state index contributed by atoms with van der Waals surface area (Å²) in [6.07, 6.45) is 6.94. The van der Waals surface area contributed by atoms with Gasteiger partial charge in [0.1, 0.15) is 0 Å². The zero-order chi connectivity index (χ0) is 20.9. The fourth-order valence-corrected chi connectivity index (χ4v) is 6.76. The van der Waals surface area contributed by atoms with Crippen molar-refractivity contribution in [3.63, 3.8) is 0 Å². The first-order valence-electron chi connectivity index (χ1n) is 11.4. The Labute approximate surface area is 172 Å². The summed E-state index contributed by atoms with van der Waals surface area (Å²) in [5.74, 6) is 1.83. The fourth-order valence-electron chi connectivity index (χ4n) is 6.76. The van der Waals surface area contributed by atoms with Crippen molar-refractivity contribution in [3.05, 3.63) is 0 Å². The van der Waals surface area contributed by atoms with Crippen molar-refractivity contribution in [1.82, 2.24) is 0 Å². The number of methoxy groups -OCH3 is 1. The molecular weight excluding hydrogens is 352 g/mol. The lowest BCUT2D eigenvalue weighted by Crippen LogP contribution is -2.58. The molecule has 4 rings (SSSR count). The molecule has 0 aromatic rings. The summed E-state index contributed by atoms with van der Waals surface area (Å²) in [6, 6.07) is 0. The zero-order valence-corrected chi connectivity index (χ0v) is 19.3. The van der Waals surface area contributed by atoms with Crippen LogP contribution in [-0.2, 0) is 19.0 Å². The number of esters is 1. The lowest BCUT2D eigenvalue weighted by Gasteiger charge is -2.59. The van der Waals surface area contributed by atoms with Crippen molar-refractivity contribution < 1.29 is 19.0 Å². The number of ether oxygens (including phenoxy) is 3. The second-order valence-corrected chi connectivity index (χ2v) is 11.2. The Hall–Kier alpha value is -0.610. The van der Waals surface area contributed by atoms with E-state index < -0.39 is 11.7 Å². The molecule has 4 fully saturated rings. The summed E-state index contributed by atoms with van der Waals surface area (Å²) >= 11 is 0. The number of carbonyl (C=O) groups is 1. The van der Waals surface area contributed by atoms with Crippen LogP contribution in [0.4, 0.5) is 0 Å². The van der Waals surface area contributed by atoms with E-state index in [4.69, 9.17) is 14.2 Å². The van der Waals surface area contributed by atoms with E-state index in [-0.39, 0.29) is 29.0 Å². The highest BCUT2D eigenvalue weighted by Gasteiger charge is 2.61. The third kappa shape index (κ3) is 3.64. The van der Waals surface area contributed by atoms with Crippen LogP contribution >= 0.6 is 0 Å². The molecule has 4 unspecified atom stereocenters. The maximum Gasteiger partial charge on any atom is 0.313 e. The van der Waals surface area contributed by atoms with Gasteiger partial charge >= 0.3 is 5.97 Å². The second kappa shape index (κ2) is 7.58. The highest BCUT2D eigenvalue weighted by atomic mass is 16.7. The van der Waals surface area contributed by atoms with E-state index in [9.17, 15) is 4.79 Å². The van der Waals surface area contributed by atoms with Gasteiger partial charge in [0, 0.05) is 18.4 Å². The normalized spacial score (nSPS) is 43.0. The van der Waals surface area contributed by atoms with E-state index >= 15 is 0 Å². The van der Waals surface area contributed by atoms with E-state index in [1.54, 1.807) is 7.11 Å². The molecule has 0 aromatic heterocycles. The molecule has 2 heterocycles. The summed E-state index contributed by atoms with van der Waals surface area (Å²) in [4.78, 5) is 12.5. The monoisotopic (exact) mass is 394 g/mol. The van der Waals surface area contributed by atoms with Crippen molar-refractivity contribution in [2.75, 3.05) is 7.11 Å². The first-order valence-corrected chi connectivity index (χ1v) is 11.4. The average molecular weight is 395 g/mol. The minimum Gasteiger partial charge on any atom is -0.435 e. The minimum atomic E-state index is -0.524. The molecule has 2 bridgehead atoms. The molecule has 0 aromatic carbocycles. The molecule has 2 saturated carbocycles. The molecule has 8 atom stereocenters. The Morgan fingerprint density at radius 2 is 1.79 bits per heavy atom. The van der Waals surface area contributed by atoms with Gasteiger partial charge in [-0.3, -0.25) is 4.79 Å². The number of hydrogen-bond donors (Lipinski definition) is 0. The van der Waals surface area contributed by atoms with Crippen molar-refractivity contribution in [2.45, 2.75) is 105 Å². The molecule has 28 heavy (non-hydrogen) atoms. The minimum absolute atomic E-state index is 0.0366. The third-order valence-corrected chi connectivity index (χ3v) is 8.42. The predicted octanol–water partition coefficient (Wildman–Crippen LogP) is 5.58. The summed E-state index contributed by atoms with van der Waals surface area (Å²) in [5, 5.41) is 0. The quantitative estimate of drug-likeness (QED) is 0.461. The standard InChI is InChI=1S/C24H42O4/c1-15-9-10-19(16(2)20(26-8)27-21(25)22(4,5)6)24-14-13-23(7,28-17(24)3)12-11-18(15)24/h15-20H,9-14H2,1-8H3/t15-,16-,17+,18?,19?,20?,23?,24+/m1/s1. The van der Waals surface area contributed by atoms with Crippen LogP contribution in [0, 0.1) is 34.5 Å². The van der Waals surface area contributed by atoms with Gasteiger partial charge in [-0.05, 0) is 84.5 Å². The number of fused-ring (bicyclic) bond motifs is 3. The Bertz CT molecular complexity index is 582. The summed E-state index contributed by atoms with van der Waals surface area (Å²) < 4.78 is 18.3. The summed E-state index contributed by atoms with van der Waals surface area (Å²) in [5.41, 5.74) is -0.323. The van der Waals surface area contributed by atoms with E-state index in [1.807, 2.05) is 20.8 Å². The van der Waals surface area contributed by atoms with Gasteiger partial charge in [0.15, 0.2) is 0 Å². The number of hydrogen-bond acceptors (Lipinski definition) is 4. The molecule has 0 radical (unpaired) electrons. The highest BCUT2D eigenvalue weighted by molar-refractivity contribution is 5.75. The lowest BCUT2D eigenvalue weighted by atomic mass is 9.50. The van der Waals surface area contributed by atoms with Crippen LogP contribution in [0.15, 0.2) is 0 Å². The maximum atomic E-state index is 12.5. The van der Waals surface area contributed by atoms with Gasteiger partial charge in [0.05, 0.1) is 17.1 Å². The van der Waals surface area contributed by atoms with E-state index in [0.29, 0.717) is 11.8 Å². The molecule has 0 amide bonds. The van der Waals surface area contributed by atoms with E-state index in [0.717, 1.165) is 18.8 Å². The Kier molecular flexibility index (Phi) is 5.97. The van der Waals surface area contributed by atoms with Crippen LogP contribution in [0.2, 0.25) is 0 Å². The zero-order valence-electron chi connectivity index (χ0n) is 19.3. The first kappa shape index (κ1) is 22.1. The molecule has 0 N–H and O–H groups in total. The average Bonchev–Trinajstić information content (AvgIpc) is 2.83. The molecular formula is C24H42O4. The fraction of sp³-hybridized carbons (Fsp3) is 0.958. The topological polar surface area (TPSA) is 44.8 Å². The lowest BCUT2D eigenvalue weighted by molar-refractivity contribution is -0.235. The molecule has 1 spiro atoms. The molecule has 4 heteroatoms. The Balaban J connectivity index is 1.90.